The van der Waals surface area contributed by atoms with E-state index in [0.29, 0.717) is 17.0 Å². The Bertz CT molecular complexity index is 537. The van der Waals surface area contributed by atoms with Gasteiger partial charge in [-0.2, -0.15) is 0 Å². The van der Waals surface area contributed by atoms with E-state index < -0.39 is 0 Å². The van der Waals surface area contributed by atoms with Gasteiger partial charge in [0.25, 0.3) is 0 Å². The Kier molecular flexibility index (Phi) is 7.80. The topological polar surface area (TPSA) is 32.3 Å². The first-order chi connectivity index (χ1) is 11.6. The standard InChI is InChI=1S/C20H29ClN2O/c1-3-23(4-2)15-17-7-5-6-8-19(17)22-20(24)14-11-16-9-12-18(21)13-10-16/h9-14,17,19H,3-8,15H2,1-2H3,(H,22,24)/b14-11+. The van der Waals surface area contributed by atoms with Gasteiger partial charge in [0.1, 0.15) is 0 Å². The van der Waals surface area contributed by atoms with Crippen LogP contribution < -0.4 is 5.32 Å². The number of amides is 1. The number of carbonyl (C=O) groups excluding carboxylic acids is 1. The molecule has 1 amide bonds. The molecule has 2 rings (SSSR count). The summed E-state index contributed by atoms with van der Waals surface area (Å²) < 4.78 is 0. The van der Waals surface area contributed by atoms with Crippen molar-refractivity contribution in [3.63, 3.8) is 0 Å². The number of halogens is 1. The zero-order chi connectivity index (χ0) is 17.4. The van der Waals surface area contributed by atoms with Gasteiger partial charge in [0.15, 0.2) is 0 Å². The van der Waals surface area contributed by atoms with Crippen molar-refractivity contribution in [3.8, 4) is 0 Å². The molecule has 2 unspecified atom stereocenters. The molecule has 0 heterocycles. The maximum atomic E-state index is 12.3. The van der Waals surface area contributed by atoms with Crippen molar-refractivity contribution in [2.24, 2.45) is 5.92 Å². The summed E-state index contributed by atoms with van der Waals surface area (Å²) in [5.74, 6) is 0.563. The zero-order valence-electron chi connectivity index (χ0n) is 14.8. The van der Waals surface area contributed by atoms with E-state index in [1.54, 1.807) is 6.08 Å². The molecule has 0 aliphatic heterocycles. The van der Waals surface area contributed by atoms with Crippen LogP contribution in [0.15, 0.2) is 30.3 Å². The monoisotopic (exact) mass is 348 g/mol. The van der Waals surface area contributed by atoms with E-state index in [-0.39, 0.29) is 5.91 Å². The summed E-state index contributed by atoms with van der Waals surface area (Å²) in [6, 6.07) is 7.79. The van der Waals surface area contributed by atoms with Crippen molar-refractivity contribution in [2.45, 2.75) is 45.6 Å². The molecule has 132 valence electrons. The highest BCUT2D eigenvalue weighted by atomic mass is 35.5. The summed E-state index contributed by atoms with van der Waals surface area (Å²) >= 11 is 5.88. The van der Waals surface area contributed by atoms with Gasteiger partial charge in [0, 0.05) is 23.7 Å². The molecule has 1 aromatic rings. The van der Waals surface area contributed by atoms with Crippen LogP contribution in [-0.4, -0.2) is 36.5 Å². The van der Waals surface area contributed by atoms with E-state index in [0.717, 1.165) is 31.6 Å². The smallest absolute Gasteiger partial charge is 0.244 e. The average molecular weight is 349 g/mol. The first-order valence-corrected chi connectivity index (χ1v) is 9.46. The van der Waals surface area contributed by atoms with E-state index in [2.05, 4.69) is 24.1 Å². The second kappa shape index (κ2) is 9.85. The lowest BCUT2D eigenvalue weighted by atomic mass is 9.84. The van der Waals surface area contributed by atoms with Crippen molar-refractivity contribution in [1.82, 2.24) is 10.2 Å². The Balaban J connectivity index is 1.91. The van der Waals surface area contributed by atoms with Crippen LogP contribution in [0.25, 0.3) is 6.08 Å². The lowest BCUT2D eigenvalue weighted by Gasteiger charge is -2.35. The van der Waals surface area contributed by atoms with Crippen LogP contribution in [0.1, 0.15) is 45.1 Å². The van der Waals surface area contributed by atoms with Crippen molar-refractivity contribution < 1.29 is 4.79 Å². The maximum absolute atomic E-state index is 12.3. The molecule has 0 bridgehead atoms. The van der Waals surface area contributed by atoms with Crippen LogP contribution in [-0.2, 0) is 4.79 Å². The molecule has 0 radical (unpaired) electrons. The third-order valence-corrected chi connectivity index (χ3v) is 5.17. The van der Waals surface area contributed by atoms with Gasteiger partial charge in [-0.05, 0) is 55.6 Å². The average Bonchev–Trinajstić information content (AvgIpc) is 2.60. The van der Waals surface area contributed by atoms with Gasteiger partial charge in [-0.3, -0.25) is 4.79 Å². The molecule has 1 aromatic carbocycles. The van der Waals surface area contributed by atoms with Crippen LogP contribution in [0.2, 0.25) is 5.02 Å². The molecule has 1 aliphatic rings. The maximum Gasteiger partial charge on any atom is 0.244 e. The highest BCUT2D eigenvalue weighted by Gasteiger charge is 2.27. The summed E-state index contributed by atoms with van der Waals surface area (Å²) in [4.78, 5) is 14.7. The summed E-state index contributed by atoms with van der Waals surface area (Å²) in [6.45, 7) is 7.64. The summed E-state index contributed by atoms with van der Waals surface area (Å²) in [5.41, 5.74) is 0.984. The van der Waals surface area contributed by atoms with Crippen LogP contribution >= 0.6 is 11.6 Å². The van der Waals surface area contributed by atoms with E-state index in [1.807, 2.05) is 30.3 Å². The number of hydrogen-bond donors (Lipinski definition) is 1. The van der Waals surface area contributed by atoms with Crippen LogP contribution in [0, 0.1) is 5.92 Å². The van der Waals surface area contributed by atoms with Crippen molar-refractivity contribution in [1.29, 1.82) is 0 Å². The highest BCUT2D eigenvalue weighted by Crippen LogP contribution is 2.25. The predicted molar refractivity (Wildman–Crippen MR) is 102 cm³/mol. The SMILES string of the molecule is CCN(CC)CC1CCCCC1NC(=O)/C=C/c1ccc(Cl)cc1. The molecular formula is C20H29ClN2O. The number of rotatable bonds is 7. The molecule has 0 spiro atoms. The van der Waals surface area contributed by atoms with Gasteiger partial charge in [-0.25, -0.2) is 0 Å². The van der Waals surface area contributed by atoms with Crippen LogP contribution in [0.3, 0.4) is 0 Å². The summed E-state index contributed by atoms with van der Waals surface area (Å²) in [6.07, 6.45) is 8.26. The molecule has 1 aliphatic carbocycles. The summed E-state index contributed by atoms with van der Waals surface area (Å²) in [7, 11) is 0. The fourth-order valence-corrected chi connectivity index (χ4v) is 3.53. The van der Waals surface area contributed by atoms with Crippen molar-refractivity contribution in [3.05, 3.63) is 40.9 Å². The second-order valence-electron chi connectivity index (χ2n) is 6.53. The molecule has 1 saturated carbocycles. The van der Waals surface area contributed by atoms with Gasteiger partial charge in [-0.1, -0.05) is 50.4 Å². The first kappa shape index (κ1) is 19.0. The fraction of sp³-hybridized carbons (Fsp3) is 0.550. The lowest BCUT2D eigenvalue weighted by molar-refractivity contribution is -0.117. The normalized spacial score (nSPS) is 21.3. The van der Waals surface area contributed by atoms with E-state index in [9.17, 15) is 4.79 Å². The van der Waals surface area contributed by atoms with Gasteiger partial charge in [-0.15, -0.1) is 0 Å². The Morgan fingerprint density at radius 2 is 1.88 bits per heavy atom. The number of benzene rings is 1. The van der Waals surface area contributed by atoms with Crippen LogP contribution in [0.4, 0.5) is 0 Å². The molecular weight excluding hydrogens is 320 g/mol. The molecule has 24 heavy (non-hydrogen) atoms. The zero-order valence-corrected chi connectivity index (χ0v) is 15.6. The summed E-state index contributed by atoms with van der Waals surface area (Å²) in [5, 5.41) is 3.93. The van der Waals surface area contributed by atoms with Gasteiger partial charge < -0.3 is 10.2 Å². The van der Waals surface area contributed by atoms with E-state index >= 15 is 0 Å². The third-order valence-electron chi connectivity index (χ3n) is 4.92. The largest absolute Gasteiger partial charge is 0.349 e. The van der Waals surface area contributed by atoms with E-state index in [4.69, 9.17) is 11.6 Å². The number of nitrogens with zero attached hydrogens (tertiary/aromatic N) is 1. The van der Waals surface area contributed by atoms with E-state index in [1.165, 1.54) is 19.3 Å². The molecule has 1 fully saturated rings. The Hall–Kier alpha value is -1.32. The second-order valence-corrected chi connectivity index (χ2v) is 6.97. The van der Waals surface area contributed by atoms with Crippen LogP contribution in [0.5, 0.6) is 0 Å². The predicted octanol–water partition coefficient (Wildman–Crippen LogP) is 4.37. The minimum absolute atomic E-state index is 0.00129. The molecule has 0 saturated heterocycles. The van der Waals surface area contributed by atoms with Gasteiger partial charge >= 0.3 is 0 Å². The lowest BCUT2D eigenvalue weighted by Crippen LogP contribution is -2.46. The minimum Gasteiger partial charge on any atom is -0.349 e. The highest BCUT2D eigenvalue weighted by molar-refractivity contribution is 6.30. The first-order valence-electron chi connectivity index (χ1n) is 9.08. The molecule has 3 nitrogen and oxygen atoms in total. The van der Waals surface area contributed by atoms with Gasteiger partial charge in [0.05, 0.1) is 0 Å². The molecule has 2 atom stereocenters. The van der Waals surface area contributed by atoms with Crippen molar-refractivity contribution in [2.75, 3.05) is 19.6 Å². The number of hydrogen-bond acceptors (Lipinski definition) is 2. The minimum atomic E-state index is 0.00129. The number of nitrogens with one attached hydrogen (secondary N) is 1. The Morgan fingerprint density at radius 3 is 2.54 bits per heavy atom. The fourth-order valence-electron chi connectivity index (χ4n) is 3.41. The molecule has 1 N–H and O–H groups in total. The van der Waals surface area contributed by atoms with Crippen molar-refractivity contribution >= 4 is 23.6 Å². The molecule has 0 aromatic heterocycles. The molecule has 4 heteroatoms. The number of carbonyl (C=O) groups is 1. The quantitative estimate of drug-likeness (QED) is 0.742. The Labute approximate surface area is 151 Å². The Morgan fingerprint density at radius 1 is 1.21 bits per heavy atom. The third kappa shape index (κ3) is 5.95. The van der Waals surface area contributed by atoms with Gasteiger partial charge in [0.2, 0.25) is 5.91 Å².